The van der Waals surface area contributed by atoms with Crippen LogP contribution in [-0.2, 0) is 11.8 Å². The molecule has 3 fully saturated rings. The minimum absolute atomic E-state index is 0.0351. The average Bonchev–Trinajstić information content (AvgIpc) is 3.31. The highest BCUT2D eigenvalue weighted by molar-refractivity contribution is 6.11. The molecule has 3 aliphatic carbocycles. The van der Waals surface area contributed by atoms with E-state index >= 15 is 0 Å². The molecule has 192 valence electrons. The maximum Gasteiger partial charge on any atom is 0.143 e. The van der Waals surface area contributed by atoms with Crippen LogP contribution >= 0.6 is 0 Å². The van der Waals surface area contributed by atoms with Gasteiger partial charge in [-0.3, -0.25) is 4.98 Å². The number of rotatable bonds is 4. The largest absolute Gasteiger partial charge is 0.455 e. The highest BCUT2D eigenvalue weighted by Crippen LogP contribution is 2.46. The average molecular weight is 500 g/mol. The van der Waals surface area contributed by atoms with Gasteiger partial charge in [-0.2, -0.15) is 0 Å². The van der Waals surface area contributed by atoms with Crippen LogP contribution in [0.15, 0.2) is 83.4 Å². The van der Waals surface area contributed by atoms with Crippen LogP contribution in [-0.4, -0.2) is 4.98 Å². The fourth-order valence-electron chi connectivity index (χ4n) is 7.13. The van der Waals surface area contributed by atoms with Crippen molar-refractivity contribution < 1.29 is 4.42 Å². The van der Waals surface area contributed by atoms with Gasteiger partial charge in [0.25, 0.3) is 0 Å². The fraction of sp³-hybridized carbons (Fsp3) is 0.361. The Kier molecular flexibility index (Phi) is 5.69. The first kappa shape index (κ1) is 23.7. The van der Waals surface area contributed by atoms with Gasteiger partial charge in [0.2, 0.25) is 0 Å². The Bertz CT molecular complexity index is 1610. The smallest absolute Gasteiger partial charge is 0.143 e. The summed E-state index contributed by atoms with van der Waals surface area (Å²) in [5.41, 5.74) is 9.26. The molecule has 38 heavy (non-hydrogen) atoms. The molecular formula is C36H37NO. The van der Waals surface area contributed by atoms with Crippen LogP contribution in [0.4, 0.5) is 0 Å². The highest BCUT2D eigenvalue weighted by Gasteiger charge is 2.35. The molecule has 1 unspecified atom stereocenters. The maximum absolute atomic E-state index is 6.53. The van der Waals surface area contributed by atoms with E-state index in [1.54, 1.807) is 0 Å². The second-order valence-electron chi connectivity index (χ2n) is 12.9. The van der Waals surface area contributed by atoms with Gasteiger partial charge >= 0.3 is 0 Å². The lowest BCUT2D eigenvalue weighted by atomic mass is 9.63. The lowest BCUT2D eigenvalue weighted by molar-refractivity contribution is 0.0991. The predicted molar refractivity (Wildman–Crippen MR) is 158 cm³/mol. The molecule has 3 aromatic carbocycles. The quantitative estimate of drug-likeness (QED) is 0.246. The SMILES string of the molecule is CC(C)(C)c1cc(-c2ccccc2)c2oc3ccc(-c4cc(CC5CC6CCC5CC6)ccn4)cc3c2c1. The summed E-state index contributed by atoms with van der Waals surface area (Å²) in [6, 6.07) is 26.4. The van der Waals surface area contributed by atoms with Crippen LogP contribution in [0.1, 0.15) is 64.0 Å². The van der Waals surface area contributed by atoms with E-state index in [9.17, 15) is 0 Å². The van der Waals surface area contributed by atoms with E-state index in [0.29, 0.717) is 0 Å². The molecule has 2 heteroatoms. The van der Waals surface area contributed by atoms with Crippen molar-refractivity contribution in [2.24, 2.45) is 17.8 Å². The van der Waals surface area contributed by atoms with Crippen LogP contribution in [0.25, 0.3) is 44.3 Å². The molecule has 0 aliphatic heterocycles. The molecule has 0 saturated heterocycles. The Morgan fingerprint density at radius 2 is 1.63 bits per heavy atom. The Morgan fingerprint density at radius 3 is 2.37 bits per heavy atom. The van der Waals surface area contributed by atoms with Crippen molar-refractivity contribution in [3.05, 3.63) is 90.1 Å². The Hall–Kier alpha value is -3.39. The van der Waals surface area contributed by atoms with Crippen molar-refractivity contribution in [3.63, 3.8) is 0 Å². The van der Waals surface area contributed by atoms with Gasteiger partial charge in [0.05, 0.1) is 5.69 Å². The maximum atomic E-state index is 6.53. The minimum Gasteiger partial charge on any atom is -0.455 e. The van der Waals surface area contributed by atoms with Gasteiger partial charge in [0.1, 0.15) is 11.2 Å². The first-order valence-corrected chi connectivity index (χ1v) is 14.4. The zero-order valence-corrected chi connectivity index (χ0v) is 22.8. The van der Waals surface area contributed by atoms with E-state index in [1.807, 2.05) is 6.20 Å². The van der Waals surface area contributed by atoms with Crippen LogP contribution < -0.4 is 0 Å². The molecule has 0 spiro atoms. The first-order chi connectivity index (χ1) is 18.4. The van der Waals surface area contributed by atoms with Crippen molar-refractivity contribution >= 4 is 21.9 Å². The topological polar surface area (TPSA) is 26.0 Å². The Morgan fingerprint density at radius 1 is 0.816 bits per heavy atom. The van der Waals surface area contributed by atoms with Gasteiger partial charge in [-0.15, -0.1) is 0 Å². The van der Waals surface area contributed by atoms with E-state index in [2.05, 4.69) is 93.6 Å². The zero-order chi connectivity index (χ0) is 25.9. The molecule has 5 aromatic rings. The first-order valence-electron chi connectivity index (χ1n) is 14.4. The van der Waals surface area contributed by atoms with Gasteiger partial charge in [0.15, 0.2) is 0 Å². The minimum atomic E-state index is 0.0351. The summed E-state index contributed by atoms with van der Waals surface area (Å²) in [4.78, 5) is 4.81. The monoisotopic (exact) mass is 499 g/mol. The van der Waals surface area contributed by atoms with Crippen LogP contribution in [0.2, 0.25) is 0 Å². The number of benzene rings is 3. The standard InChI is InChI=1S/C36H37NO/c1-36(2,3)29-21-30(26-7-5-4-6-8-26)35-32(22-29)31-20-27(13-14-34(31)38-35)33-19-24(15-16-37-33)18-28-17-23-9-11-25(28)12-10-23/h4-8,13-16,19-23,25,28H,9-12,17-18H2,1-3H3. The summed E-state index contributed by atoms with van der Waals surface area (Å²) < 4.78 is 6.53. The molecule has 2 aromatic heterocycles. The summed E-state index contributed by atoms with van der Waals surface area (Å²) in [6.45, 7) is 6.85. The number of hydrogen-bond donors (Lipinski definition) is 0. The van der Waals surface area contributed by atoms with Crippen LogP contribution in [0, 0.1) is 17.8 Å². The number of furan rings is 1. The van der Waals surface area contributed by atoms with E-state index in [-0.39, 0.29) is 5.41 Å². The van der Waals surface area contributed by atoms with E-state index < -0.39 is 0 Å². The molecule has 2 bridgehead atoms. The molecule has 1 atom stereocenters. The van der Waals surface area contributed by atoms with Crippen molar-refractivity contribution in [2.75, 3.05) is 0 Å². The second-order valence-corrected chi connectivity index (χ2v) is 12.9. The van der Waals surface area contributed by atoms with Crippen molar-refractivity contribution in [1.29, 1.82) is 0 Å². The van der Waals surface area contributed by atoms with E-state index in [0.717, 1.165) is 51.1 Å². The van der Waals surface area contributed by atoms with Crippen molar-refractivity contribution in [2.45, 2.75) is 64.7 Å². The third-order valence-electron chi connectivity index (χ3n) is 9.33. The summed E-state index contributed by atoms with van der Waals surface area (Å²) in [5.74, 6) is 2.76. The predicted octanol–water partition coefficient (Wildman–Crippen LogP) is 9.98. The number of nitrogens with zero attached hydrogens (tertiary/aromatic N) is 1. The van der Waals surface area contributed by atoms with E-state index in [1.165, 1.54) is 60.6 Å². The molecule has 8 rings (SSSR count). The zero-order valence-electron chi connectivity index (χ0n) is 22.8. The van der Waals surface area contributed by atoms with Crippen LogP contribution in [0.3, 0.4) is 0 Å². The lowest BCUT2D eigenvalue weighted by Crippen LogP contribution is -2.32. The van der Waals surface area contributed by atoms with E-state index in [4.69, 9.17) is 9.40 Å². The second kappa shape index (κ2) is 9.12. The lowest BCUT2D eigenvalue weighted by Gasteiger charge is -2.42. The summed E-state index contributed by atoms with van der Waals surface area (Å²) in [6.07, 6.45) is 10.4. The molecule has 2 heterocycles. The number of pyridine rings is 1. The third kappa shape index (κ3) is 4.25. The molecule has 3 aliphatic rings. The third-order valence-corrected chi connectivity index (χ3v) is 9.33. The normalized spacial score (nSPS) is 21.4. The van der Waals surface area contributed by atoms with Gasteiger partial charge in [-0.05, 0) is 108 Å². The summed E-state index contributed by atoms with van der Waals surface area (Å²) >= 11 is 0. The summed E-state index contributed by atoms with van der Waals surface area (Å²) in [7, 11) is 0. The van der Waals surface area contributed by atoms with Crippen LogP contribution in [0.5, 0.6) is 0 Å². The van der Waals surface area contributed by atoms with Gasteiger partial charge in [-0.1, -0.05) is 63.9 Å². The number of hydrogen-bond acceptors (Lipinski definition) is 2. The molecule has 2 nitrogen and oxygen atoms in total. The van der Waals surface area contributed by atoms with Gasteiger partial charge in [-0.25, -0.2) is 0 Å². The number of aromatic nitrogens is 1. The molecular weight excluding hydrogens is 462 g/mol. The number of fused-ring (bicyclic) bond motifs is 6. The highest BCUT2D eigenvalue weighted by atomic mass is 16.3. The van der Waals surface area contributed by atoms with Gasteiger partial charge in [0, 0.05) is 28.1 Å². The van der Waals surface area contributed by atoms with Crippen molar-refractivity contribution in [3.8, 4) is 22.4 Å². The van der Waals surface area contributed by atoms with Crippen molar-refractivity contribution in [1.82, 2.24) is 4.98 Å². The molecule has 0 N–H and O–H groups in total. The van der Waals surface area contributed by atoms with Gasteiger partial charge < -0.3 is 4.42 Å². The fourth-order valence-corrected chi connectivity index (χ4v) is 7.13. The molecule has 3 saturated carbocycles. The molecule has 0 amide bonds. The Labute approximate surface area is 226 Å². The molecule has 0 radical (unpaired) electrons. The summed E-state index contributed by atoms with van der Waals surface area (Å²) in [5, 5.41) is 2.35. The Balaban J connectivity index is 1.31.